The van der Waals surface area contributed by atoms with Crippen LogP contribution in [0.3, 0.4) is 0 Å². The van der Waals surface area contributed by atoms with E-state index in [0.29, 0.717) is 6.42 Å². The van der Waals surface area contributed by atoms with Crippen LogP contribution in [-0.2, 0) is 4.12 Å². The van der Waals surface area contributed by atoms with Gasteiger partial charge in [-0.2, -0.15) is 0 Å². The minimum atomic E-state index is -1.93. The summed E-state index contributed by atoms with van der Waals surface area (Å²) in [5.74, 6) is 0. The maximum Gasteiger partial charge on any atom is 0.202 e. The lowest BCUT2D eigenvalue weighted by Crippen LogP contribution is -2.47. The molecule has 0 aliphatic heterocycles. The monoisotopic (exact) mass is 208 g/mol. The Morgan fingerprint density at radius 1 is 1.42 bits per heavy atom. The molecule has 1 unspecified atom stereocenters. The molecule has 0 aliphatic carbocycles. The van der Waals surface area contributed by atoms with Gasteiger partial charge in [0.1, 0.15) is 0 Å². The molecule has 0 saturated carbocycles. The molecule has 0 aromatic heterocycles. The minimum absolute atomic E-state index is 0.0423. The van der Waals surface area contributed by atoms with E-state index in [1.807, 2.05) is 13.1 Å². The number of rotatable bonds is 5. The van der Waals surface area contributed by atoms with Crippen molar-refractivity contribution in [2.75, 3.05) is 6.61 Å². The smallest absolute Gasteiger partial charge is 0.202 e. The molecule has 1 atom stereocenters. The van der Waals surface area contributed by atoms with E-state index >= 15 is 0 Å². The Morgan fingerprint density at radius 2 is 1.92 bits per heavy atom. The Hall–Kier alpha value is 0.314. The van der Waals surface area contributed by atoms with E-state index in [4.69, 9.17) is 9.22 Å². The summed E-state index contributed by atoms with van der Waals surface area (Å²) < 4.78 is 5.77. The lowest BCUT2D eigenvalue weighted by atomic mass is 10.5. The third-order valence-electron chi connectivity index (χ3n) is 1.74. The van der Waals surface area contributed by atoms with Gasteiger partial charge in [0, 0.05) is 6.61 Å². The predicted molar refractivity (Wildman–Crippen MR) is 55.2 cm³/mol. The van der Waals surface area contributed by atoms with Crippen molar-refractivity contribution in [3.05, 3.63) is 0 Å². The van der Waals surface area contributed by atoms with Crippen LogP contribution < -0.4 is 0 Å². The molecule has 74 valence electrons. The van der Waals surface area contributed by atoms with Crippen molar-refractivity contribution in [3.63, 3.8) is 0 Å². The van der Waals surface area contributed by atoms with Crippen LogP contribution in [0.1, 0.15) is 6.42 Å². The summed E-state index contributed by atoms with van der Waals surface area (Å²) in [7, 11) is -2.99. The van der Waals surface area contributed by atoms with Gasteiger partial charge in [-0.05, 0) is 32.6 Å². The van der Waals surface area contributed by atoms with Gasteiger partial charge in [0.15, 0.2) is 9.04 Å². The van der Waals surface area contributed by atoms with Gasteiger partial charge in [-0.1, -0.05) is 0 Å². The largest absolute Gasteiger partial charge is 0.457 e. The highest BCUT2D eigenvalue weighted by atomic mass is 28.4. The summed E-state index contributed by atoms with van der Waals surface area (Å²) in [6, 6.07) is 0. The Bertz CT molecular complexity index is 128. The molecular weight excluding hydrogens is 188 g/mol. The maximum absolute atomic E-state index is 9.62. The molecule has 0 saturated heterocycles. The molecule has 3 nitrogen and oxygen atoms in total. The molecule has 0 heterocycles. The Labute approximate surface area is 77.2 Å². The van der Waals surface area contributed by atoms with Crippen molar-refractivity contribution >= 4 is 17.4 Å². The van der Waals surface area contributed by atoms with Crippen molar-refractivity contribution in [1.29, 1.82) is 0 Å². The summed E-state index contributed by atoms with van der Waals surface area (Å²) in [5, 5.41) is 18.3. The molecule has 12 heavy (non-hydrogen) atoms. The lowest BCUT2D eigenvalue weighted by molar-refractivity contribution is 0.173. The maximum atomic E-state index is 9.62. The van der Waals surface area contributed by atoms with Gasteiger partial charge in [0.2, 0.25) is 8.32 Å². The number of aliphatic hydroxyl groups is 2. The fraction of sp³-hybridized carbons (Fsp3) is 1.00. The number of hydrogen-bond acceptors (Lipinski definition) is 3. The van der Waals surface area contributed by atoms with Crippen LogP contribution >= 0.6 is 0 Å². The van der Waals surface area contributed by atoms with Crippen LogP contribution in [0, 0.1) is 0 Å². The van der Waals surface area contributed by atoms with E-state index in [1.54, 1.807) is 0 Å². The first-order valence-electron chi connectivity index (χ1n) is 4.37. The van der Waals surface area contributed by atoms with Crippen molar-refractivity contribution in [2.24, 2.45) is 0 Å². The van der Waals surface area contributed by atoms with Crippen LogP contribution in [-0.4, -0.2) is 39.9 Å². The summed E-state index contributed by atoms with van der Waals surface area (Å²) in [5.41, 5.74) is -0.433. The molecule has 0 aliphatic rings. The normalized spacial score (nSPS) is 15.2. The summed E-state index contributed by atoms with van der Waals surface area (Å²) >= 11 is 0. The zero-order valence-electron chi connectivity index (χ0n) is 8.37. The lowest BCUT2D eigenvalue weighted by Gasteiger charge is -2.30. The SMILES string of the molecule is C[SiH](C)O[Si](C)(C)C(O)CCO. The molecule has 0 aromatic rings. The second-order valence-corrected chi connectivity index (χ2v) is 10.7. The van der Waals surface area contributed by atoms with E-state index in [0.717, 1.165) is 0 Å². The Kier molecular flexibility index (Phi) is 5.27. The highest BCUT2D eigenvalue weighted by Gasteiger charge is 2.32. The molecule has 0 aromatic carbocycles. The van der Waals surface area contributed by atoms with Crippen LogP contribution in [0.15, 0.2) is 0 Å². The molecular formula is C7H20O3Si2. The van der Waals surface area contributed by atoms with Gasteiger partial charge in [0.05, 0.1) is 5.73 Å². The average molecular weight is 208 g/mol. The first-order valence-corrected chi connectivity index (χ1v) is 10.1. The number of aliphatic hydroxyl groups excluding tert-OH is 2. The highest BCUT2D eigenvalue weighted by Crippen LogP contribution is 2.14. The molecule has 2 N–H and O–H groups in total. The standard InChI is InChI=1S/C7H20O3Si2/c1-11(2)10-12(3,4)7(9)5-6-8/h7-9,11H,5-6H2,1-4H3. The molecule has 0 rings (SSSR count). The third-order valence-corrected chi connectivity index (χ3v) is 7.95. The van der Waals surface area contributed by atoms with E-state index < -0.39 is 23.1 Å². The molecule has 0 radical (unpaired) electrons. The molecule has 0 fully saturated rings. The van der Waals surface area contributed by atoms with Gasteiger partial charge in [0.25, 0.3) is 0 Å². The van der Waals surface area contributed by atoms with Crippen LogP contribution in [0.25, 0.3) is 0 Å². The molecule has 0 bridgehead atoms. The number of hydrogen-bond donors (Lipinski definition) is 2. The summed E-state index contributed by atoms with van der Waals surface area (Å²) in [6.45, 7) is 8.24. The highest BCUT2D eigenvalue weighted by molar-refractivity contribution is 6.78. The minimum Gasteiger partial charge on any atom is -0.457 e. The second-order valence-electron chi connectivity index (χ2n) is 3.80. The zero-order chi connectivity index (χ0) is 9.78. The van der Waals surface area contributed by atoms with Crippen molar-refractivity contribution in [3.8, 4) is 0 Å². The van der Waals surface area contributed by atoms with E-state index in [1.165, 1.54) is 0 Å². The predicted octanol–water partition coefficient (Wildman–Crippen LogP) is 0.474. The average Bonchev–Trinajstić information content (AvgIpc) is 1.85. The molecule has 0 amide bonds. The van der Waals surface area contributed by atoms with Crippen LogP contribution in [0.5, 0.6) is 0 Å². The summed E-state index contributed by atoms with van der Waals surface area (Å²) in [6.07, 6.45) is 0.445. The first-order chi connectivity index (χ1) is 5.40. The van der Waals surface area contributed by atoms with E-state index in [2.05, 4.69) is 13.1 Å². The third kappa shape index (κ3) is 4.37. The molecule has 0 spiro atoms. The first kappa shape index (κ1) is 12.3. The van der Waals surface area contributed by atoms with E-state index in [-0.39, 0.29) is 6.61 Å². The van der Waals surface area contributed by atoms with Crippen molar-refractivity contribution in [1.82, 2.24) is 0 Å². The van der Waals surface area contributed by atoms with Crippen molar-refractivity contribution in [2.45, 2.75) is 38.3 Å². The fourth-order valence-corrected chi connectivity index (χ4v) is 7.47. The quantitative estimate of drug-likeness (QED) is 0.646. The molecule has 5 heteroatoms. The van der Waals surface area contributed by atoms with Crippen LogP contribution in [0.2, 0.25) is 26.2 Å². The van der Waals surface area contributed by atoms with Gasteiger partial charge in [-0.25, -0.2) is 0 Å². The summed E-state index contributed by atoms with van der Waals surface area (Å²) in [4.78, 5) is 0. The van der Waals surface area contributed by atoms with Gasteiger partial charge in [-0.3, -0.25) is 0 Å². The van der Waals surface area contributed by atoms with Gasteiger partial charge in [-0.15, -0.1) is 0 Å². The van der Waals surface area contributed by atoms with Crippen molar-refractivity contribution < 1.29 is 14.3 Å². The van der Waals surface area contributed by atoms with Crippen LogP contribution in [0.4, 0.5) is 0 Å². The fourth-order valence-electron chi connectivity index (χ4n) is 1.16. The zero-order valence-corrected chi connectivity index (χ0v) is 10.5. The topological polar surface area (TPSA) is 49.7 Å². The van der Waals surface area contributed by atoms with Gasteiger partial charge < -0.3 is 14.3 Å². The second kappa shape index (κ2) is 5.13. The Morgan fingerprint density at radius 3 is 2.25 bits per heavy atom. The van der Waals surface area contributed by atoms with E-state index in [9.17, 15) is 5.11 Å². The Balaban J connectivity index is 3.99. The van der Waals surface area contributed by atoms with Gasteiger partial charge >= 0.3 is 0 Å².